The molecule has 1 atom stereocenters. The summed E-state index contributed by atoms with van der Waals surface area (Å²) in [6.45, 7) is 2.87. The van der Waals surface area contributed by atoms with E-state index in [2.05, 4.69) is 15.3 Å². The number of carbonyl (C=O) groups is 2. The summed E-state index contributed by atoms with van der Waals surface area (Å²) in [5.41, 5.74) is 4.48. The second kappa shape index (κ2) is 8.26. The van der Waals surface area contributed by atoms with E-state index in [1.165, 1.54) is 6.92 Å². The second-order valence-corrected chi connectivity index (χ2v) is 7.99. The number of rotatable bonds is 4. The summed E-state index contributed by atoms with van der Waals surface area (Å²) in [5, 5.41) is 3.03. The minimum Gasteiger partial charge on any atom is -0.337 e. The van der Waals surface area contributed by atoms with Crippen molar-refractivity contribution in [3.8, 4) is 0 Å². The maximum atomic E-state index is 13.4. The Bertz CT molecular complexity index is 1300. The number of pyridine rings is 1. The van der Waals surface area contributed by atoms with Crippen molar-refractivity contribution in [2.45, 2.75) is 25.9 Å². The van der Waals surface area contributed by atoms with Gasteiger partial charge in [-0.2, -0.15) is 0 Å². The minimum atomic E-state index is -0.561. The van der Waals surface area contributed by atoms with Crippen molar-refractivity contribution in [2.75, 3.05) is 11.9 Å². The van der Waals surface area contributed by atoms with Crippen molar-refractivity contribution >= 4 is 28.8 Å². The average molecular weight is 425 g/mol. The number of aromatic nitrogens is 3. The van der Waals surface area contributed by atoms with E-state index in [1.54, 1.807) is 11.1 Å². The molecule has 2 aromatic carbocycles. The molecular weight excluding hydrogens is 402 g/mol. The molecule has 4 aromatic rings. The smallest absolute Gasteiger partial charge is 0.237 e. The highest BCUT2D eigenvalue weighted by Crippen LogP contribution is 2.29. The fourth-order valence-electron chi connectivity index (χ4n) is 4.22. The van der Waals surface area contributed by atoms with Gasteiger partial charge in [0.1, 0.15) is 0 Å². The van der Waals surface area contributed by atoms with E-state index in [4.69, 9.17) is 0 Å². The largest absolute Gasteiger partial charge is 0.337 e. The van der Waals surface area contributed by atoms with Crippen LogP contribution in [-0.4, -0.2) is 37.8 Å². The molecule has 0 saturated heterocycles. The van der Waals surface area contributed by atoms with Crippen LogP contribution in [0.15, 0.2) is 72.9 Å². The normalized spacial score (nSPS) is 15.4. The number of nitrogens with zero attached hydrogens (tertiary/aromatic N) is 4. The molecule has 32 heavy (non-hydrogen) atoms. The number of benzene rings is 2. The summed E-state index contributed by atoms with van der Waals surface area (Å²) < 4.78 is 2.01. The molecule has 1 N–H and O–H groups in total. The van der Waals surface area contributed by atoms with E-state index in [-0.39, 0.29) is 11.8 Å². The molecule has 0 aliphatic carbocycles. The molecule has 0 saturated carbocycles. The monoisotopic (exact) mass is 425 g/mol. The molecule has 2 aromatic heterocycles. The van der Waals surface area contributed by atoms with Gasteiger partial charge >= 0.3 is 0 Å². The number of anilines is 1. The van der Waals surface area contributed by atoms with E-state index in [1.807, 2.05) is 71.3 Å². The van der Waals surface area contributed by atoms with Gasteiger partial charge in [-0.3, -0.25) is 19.9 Å². The topological polar surface area (TPSA) is 80.1 Å². The lowest BCUT2D eigenvalue weighted by Crippen LogP contribution is -2.41. The predicted molar refractivity (Wildman–Crippen MR) is 122 cm³/mol. The van der Waals surface area contributed by atoms with Crippen molar-refractivity contribution in [1.82, 2.24) is 19.4 Å². The van der Waals surface area contributed by atoms with Crippen molar-refractivity contribution in [3.05, 3.63) is 89.7 Å². The van der Waals surface area contributed by atoms with Gasteiger partial charge in [-0.25, -0.2) is 4.98 Å². The molecule has 1 aliphatic heterocycles. The Morgan fingerprint density at radius 3 is 2.62 bits per heavy atom. The molecule has 1 aliphatic rings. The maximum absolute atomic E-state index is 13.4. The van der Waals surface area contributed by atoms with Gasteiger partial charge in [0.2, 0.25) is 17.8 Å². The molecule has 0 radical (unpaired) electrons. The quantitative estimate of drug-likeness (QED) is 0.542. The predicted octanol–water partition coefficient (Wildman–Crippen LogP) is 3.56. The van der Waals surface area contributed by atoms with E-state index in [9.17, 15) is 9.59 Å². The number of imidazole rings is 1. The first-order valence-corrected chi connectivity index (χ1v) is 10.6. The van der Waals surface area contributed by atoms with Crippen LogP contribution in [0, 0.1) is 0 Å². The molecule has 0 spiro atoms. The molecule has 7 heteroatoms. The van der Waals surface area contributed by atoms with Gasteiger partial charge in [0.15, 0.2) is 0 Å². The van der Waals surface area contributed by atoms with Crippen LogP contribution in [-0.2, 0) is 22.7 Å². The molecule has 7 nitrogen and oxygen atoms in total. The average Bonchev–Trinajstić information content (AvgIpc) is 3.15. The van der Waals surface area contributed by atoms with Gasteiger partial charge < -0.3 is 9.47 Å². The fraction of sp³-hybridized carbons (Fsp3) is 0.200. The Morgan fingerprint density at radius 1 is 1.03 bits per heavy atom. The molecule has 5 rings (SSSR count). The molecule has 2 amide bonds. The van der Waals surface area contributed by atoms with Crippen molar-refractivity contribution in [3.63, 3.8) is 0 Å². The van der Waals surface area contributed by atoms with E-state index in [0.29, 0.717) is 31.3 Å². The first-order chi connectivity index (χ1) is 15.6. The van der Waals surface area contributed by atoms with Gasteiger partial charge in [-0.05, 0) is 29.3 Å². The number of hydrogen-bond donors (Lipinski definition) is 1. The molecule has 0 fully saturated rings. The lowest BCUT2D eigenvalue weighted by atomic mass is 9.94. The summed E-state index contributed by atoms with van der Waals surface area (Å²) >= 11 is 0. The molecular formula is C25H23N5O2. The lowest BCUT2D eigenvalue weighted by molar-refractivity contribution is -0.131. The minimum absolute atomic E-state index is 0.0615. The third-order valence-electron chi connectivity index (χ3n) is 5.86. The van der Waals surface area contributed by atoms with Crippen LogP contribution in [0.4, 0.5) is 5.95 Å². The highest BCUT2D eigenvalue weighted by Gasteiger charge is 2.33. The van der Waals surface area contributed by atoms with Crippen molar-refractivity contribution in [1.29, 1.82) is 0 Å². The van der Waals surface area contributed by atoms with Crippen LogP contribution >= 0.6 is 0 Å². The Hall–Kier alpha value is -4.00. The zero-order valence-corrected chi connectivity index (χ0v) is 17.7. The van der Waals surface area contributed by atoms with Crippen molar-refractivity contribution < 1.29 is 9.59 Å². The molecule has 3 heterocycles. The lowest BCUT2D eigenvalue weighted by Gasteiger charge is -2.32. The second-order valence-electron chi connectivity index (χ2n) is 7.99. The summed E-state index contributed by atoms with van der Waals surface area (Å²) in [4.78, 5) is 36.3. The zero-order valence-electron chi connectivity index (χ0n) is 17.7. The standard InChI is InChI=1S/C25H23N5O2/c1-17(31)29-15-19-10-7-13-26-23(19)20(16-29)24(32)28-25-27-21-11-5-6-12-22(21)30(25)14-18-8-3-2-4-9-18/h2-13,20H,14-16H2,1H3,(H,27,28,32). The summed E-state index contributed by atoms with van der Waals surface area (Å²) in [6, 6.07) is 21.6. The highest BCUT2D eigenvalue weighted by atomic mass is 16.2. The number of hydrogen-bond acceptors (Lipinski definition) is 4. The van der Waals surface area contributed by atoms with Crippen LogP contribution < -0.4 is 5.32 Å². The fourth-order valence-corrected chi connectivity index (χ4v) is 4.22. The van der Waals surface area contributed by atoms with Crippen LogP contribution in [0.25, 0.3) is 11.0 Å². The van der Waals surface area contributed by atoms with E-state index >= 15 is 0 Å². The molecule has 160 valence electrons. The van der Waals surface area contributed by atoms with Crippen LogP contribution in [0.1, 0.15) is 29.7 Å². The third kappa shape index (κ3) is 3.73. The number of carbonyl (C=O) groups excluding carboxylic acids is 2. The summed E-state index contributed by atoms with van der Waals surface area (Å²) in [6.07, 6.45) is 1.69. The first kappa shape index (κ1) is 19.9. The third-order valence-corrected chi connectivity index (χ3v) is 5.86. The van der Waals surface area contributed by atoms with Gasteiger partial charge in [-0.1, -0.05) is 48.5 Å². The zero-order chi connectivity index (χ0) is 22.1. The Labute approximate surface area is 185 Å². The number of nitrogens with one attached hydrogen (secondary N) is 1. The Kier molecular flexibility index (Phi) is 5.15. The number of fused-ring (bicyclic) bond motifs is 2. The Balaban J connectivity index is 1.50. The number of amides is 2. The van der Waals surface area contributed by atoms with E-state index in [0.717, 1.165) is 22.2 Å². The van der Waals surface area contributed by atoms with E-state index < -0.39 is 5.92 Å². The van der Waals surface area contributed by atoms with Gasteiger partial charge in [-0.15, -0.1) is 0 Å². The van der Waals surface area contributed by atoms with Crippen LogP contribution in [0.5, 0.6) is 0 Å². The molecule has 1 unspecified atom stereocenters. The first-order valence-electron chi connectivity index (χ1n) is 10.6. The van der Waals surface area contributed by atoms with Gasteiger partial charge in [0, 0.05) is 26.2 Å². The molecule has 0 bridgehead atoms. The summed E-state index contributed by atoms with van der Waals surface area (Å²) in [7, 11) is 0. The SMILES string of the molecule is CC(=O)N1Cc2cccnc2C(C(=O)Nc2nc3ccccc3n2Cc2ccccc2)C1. The van der Waals surface area contributed by atoms with Crippen LogP contribution in [0.2, 0.25) is 0 Å². The summed E-state index contributed by atoms with van der Waals surface area (Å²) in [5.74, 6) is -0.361. The Morgan fingerprint density at radius 2 is 1.81 bits per heavy atom. The maximum Gasteiger partial charge on any atom is 0.237 e. The van der Waals surface area contributed by atoms with Gasteiger partial charge in [0.25, 0.3) is 0 Å². The highest BCUT2D eigenvalue weighted by molar-refractivity contribution is 5.96. The van der Waals surface area contributed by atoms with Gasteiger partial charge in [0.05, 0.1) is 29.2 Å². The van der Waals surface area contributed by atoms with Crippen molar-refractivity contribution in [2.24, 2.45) is 0 Å². The number of para-hydroxylation sites is 2. The van der Waals surface area contributed by atoms with Crippen LogP contribution in [0.3, 0.4) is 0 Å².